The Hall–Kier alpha value is -1.42. The van der Waals surface area contributed by atoms with Crippen molar-refractivity contribution in [2.45, 2.75) is 11.4 Å². The monoisotopic (exact) mass is 337 g/mol. The van der Waals surface area contributed by atoms with Crippen molar-refractivity contribution in [1.29, 1.82) is 0 Å². The van der Waals surface area contributed by atoms with Gasteiger partial charge >= 0.3 is 4.87 Å². The van der Waals surface area contributed by atoms with Crippen LogP contribution in [0.15, 0.2) is 27.2 Å². The number of hydrogen-bond acceptors (Lipinski definition) is 5. The maximum absolute atomic E-state index is 13.7. The summed E-state index contributed by atoms with van der Waals surface area (Å²) in [7, 11) is -4.13. The summed E-state index contributed by atoms with van der Waals surface area (Å²) in [5.74, 6) is -1.07. The van der Waals surface area contributed by atoms with E-state index in [0.717, 1.165) is 23.5 Å². The maximum atomic E-state index is 13.7. The Balaban J connectivity index is 2.29. The van der Waals surface area contributed by atoms with E-state index in [1.807, 2.05) is 0 Å². The highest BCUT2D eigenvalue weighted by Gasteiger charge is 2.21. The molecule has 2 rings (SSSR count). The number of rotatable bonds is 4. The van der Waals surface area contributed by atoms with Gasteiger partial charge in [-0.2, -0.15) is 0 Å². The van der Waals surface area contributed by atoms with Crippen LogP contribution in [0.4, 0.5) is 10.1 Å². The van der Waals surface area contributed by atoms with Crippen molar-refractivity contribution in [3.8, 4) is 0 Å². The number of thiazole rings is 1. The van der Waals surface area contributed by atoms with Crippen molar-refractivity contribution in [3.05, 3.63) is 43.7 Å². The number of nitrogens with one attached hydrogen (secondary N) is 2. The predicted molar refractivity (Wildman–Crippen MR) is 74.8 cm³/mol. The third-order valence-corrected chi connectivity index (χ3v) is 4.68. The summed E-state index contributed by atoms with van der Waals surface area (Å²) in [6.45, 7) is -0.174. The summed E-state index contributed by atoms with van der Waals surface area (Å²) in [6.07, 6.45) is 0. The topological polar surface area (TPSA) is 105 Å². The Labute approximate surface area is 122 Å². The van der Waals surface area contributed by atoms with Gasteiger partial charge in [-0.3, -0.25) is 4.79 Å². The molecule has 2 aromatic rings. The van der Waals surface area contributed by atoms with Crippen LogP contribution in [0.1, 0.15) is 5.69 Å². The second kappa shape index (κ2) is 5.52. The highest BCUT2D eigenvalue weighted by molar-refractivity contribution is 7.89. The largest absolute Gasteiger partial charge is 0.396 e. The third kappa shape index (κ3) is 3.18. The Morgan fingerprint density at radius 1 is 1.45 bits per heavy atom. The molecule has 10 heteroatoms. The normalized spacial score (nSPS) is 11.7. The van der Waals surface area contributed by atoms with Crippen molar-refractivity contribution in [2.75, 3.05) is 5.73 Å². The summed E-state index contributed by atoms with van der Waals surface area (Å²) in [4.78, 5) is 12.4. The van der Waals surface area contributed by atoms with Crippen LogP contribution in [0.2, 0.25) is 5.02 Å². The summed E-state index contributed by atoms with van der Waals surface area (Å²) < 4.78 is 39.9. The lowest BCUT2D eigenvalue weighted by molar-refractivity contribution is 0.558. The number of nitrogen functional groups attached to an aromatic ring is 1. The van der Waals surface area contributed by atoms with Gasteiger partial charge in [-0.15, -0.1) is 0 Å². The second-order valence-corrected chi connectivity index (χ2v) is 6.82. The van der Waals surface area contributed by atoms with Crippen molar-refractivity contribution in [3.63, 3.8) is 0 Å². The number of aromatic nitrogens is 1. The number of anilines is 1. The van der Waals surface area contributed by atoms with Gasteiger partial charge in [-0.25, -0.2) is 17.5 Å². The van der Waals surface area contributed by atoms with E-state index in [0.29, 0.717) is 5.69 Å². The SMILES string of the molecule is Nc1cc(Cl)cc(S(=O)(=O)NCc2csc(=O)[nH]2)c1F. The van der Waals surface area contributed by atoms with Crippen LogP contribution < -0.4 is 15.3 Å². The summed E-state index contributed by atoms with van der Waals surface area (Å²) in [5, 5.41) is 1.47. The number of halogens is 2. The molecule has 0 aliphatic heterocycles. The fourth-order valence-electron chi connectivity index (χ4n) is 1.43. The number of benzene rings is 1. The van der Waals surface area contributed by atoms with Crippen LogP contribution in [0.25, 0.3) is 0 Å². The summed E-state index contributed by atoms with van der Waals surface area (Å²) >= 11 is 6.56. The van der Waals surface area contributed by atoms with Crippen LogP contribution in [-0.4, -0.2) is 13.4 Å². The first-order valence-corrected chi connectivity index (χ1v) is 7.94. The lowest BCUT2D eigenvalue weighted by atomic mass is 10.3. The highest BCUT2D eigenvalue weighted by Crippen LogP contribution is 2.25. The molecule has 0 saturated heterocycles. The standard InChI is InChI=1S/C10H9ClFN3O3S2/c11-5-1-7(13)9(12)8(2-5)20(17,18)14-3-6-4-19-10(16)15-6/h1-2,4,14H,3,13H2,(H,15,16). The van der Waals surface area contributed by atoms with E-state index in [1.165, 1.54) is 5.38 Å². The molecule has 0 aliphatic carbocycles. The van der Waals surface area contributed by atoms with Crippen molar-refractivity contribution in [1.82, 2.24) is 9.71 Å². The molecule has 1 aromatic carbocycles. The van der Waals surface area contributed by atoms with Crippen molar-refractivity contribution >= 4 is 38.6 Å². The van der Waals surface area contributed by atoms with E-state index in [1.54, 1.807) is 0 Å². The van der Waals surface area contributed by atoms with E-state index >= 15 is 0 Å². The van der Waals surface area contributed by atoms with Gasteiger partial charge in [0.15, 0.2) is 5.82 Å². The molecule has 0 saturated carbocycles. The number of nitrogens with two attached hydrogens (primary N) is 1. The zero-order valence-corrected chi connectivity index (χ0v) is 12.2. The quantitative estimate of drug-likeness (QED) is 0.731. The predicted octanol–water partition coefficient (Wildman–Crippen LogP) is 1.29. The molecule has 0 atom stereocenters. The minimum Gasteiger partial charge on any atom is -0.396 e. The zero-order chi connectivity index (χ0) is 14.9. The summed E-state index contributed by atoms with van der Waals surface area (Å²) in [5.41, 5.74) is 5.35. The molecule has 0 radical (unpaired) electrons. The van der Waals surface area contributed by atoms with Gasteiger partial charge in [0.2, 0.25) is 10.0 Å². The van der Waals surface area contributed by atoms with Crippen molar-refractivity contribution in [2.24, 2.45) is 0 Å². The molecular weight excluding hydrogens is 329 g/mol. The lowest BCUT2D eigenvalue weighted by Crippen LogP contribution is -2.25. The molecule has 20 heavy (non-hydrogen) atoms. The molecular formula is C10H9ClFN3O3S2. The smallest absolute Gasteiger partial charge is 0.304 e. The molecule has 0 amide bonds. The molecule has 0 aliphatic rings. The lowest BCUT2D eigenvalue weighted by Gasteiger charge is -2.08. The van der Waals surface area contributed by atoms with Crippen molar-refractivity contribution < 1.29 is 12.8 Å². The molecule has 0 fully saturated rings. The van der Waals surface area contributed by atoms with Gasteiger partial charge in [-0.05, 0) is 12.1 Å². The molecule has 0 bridgehead atoms. The van der Waals surface area contributed by atoms with Crippen LogP contribution in [0.5, 0.6) is 0 Å². The fraction of sp³-hybridized carbons (Fsp3) is 0.100. The van der Waals surface area contributed by atoms with E-state index in [4.69, 9.17) is 17.3 Å². The zero-order valence-electron chi connectivity index (χ0n) is 9.81. The second-order valence-electron chi connectivity index (χ2n) is 3.81. The van der Waals surface area contributed by atoms with E-state index < -0.39 is 20.7 Å². The van der Waals surface area contributed by atoms with Gasteiger partial charge in [-0.1, -0.05) is 22.9 Å². The number of sulfonamides is 1. The Morgan fingerprint density at radius 3 is 2.75 bits per heavy atom. The maximum Gasteiger partial charge on any atom is 0.304 e. The van der Waals surface area contributed by atoms with Gasteiger partial charge < -0.3 is 10.7 Å². The minimum absolute atomic E-state index is 0.00761. The average Bonchev–Trinajstić information content (AvgIpc) is 2.77. The van der Waals surface area contributed by atoms with Gasteiger partial charge in [0.05, 0.1) is 12.2 Å². The van der Waals surface area contributed by atoms with Crippen LogP contribution in [0.3, 0.4) is 0 Å². The first-order chi connectivity index (χ1) is 9.29. The van der Waals surface area contributed by atoms with E-state index in [2.05, 4.69) is 9.71 Å². The molecule has 0 unspecified atom stereocenters. The molecule has 108 valence electrons. The summed E-state index contributed by atoms with van der Waals surface area (Å²) in [6, 6.07) is 2.08. The molecule has 4 N–H and O–H groups in total. The number of hydrogen-bond donors (Lipinski definition) is 3. The molecule has 1 aromatic heterocycles. The van der Waals surface area contributed by atoms with E-state index in [-0.39, 0.29) is 22.1 Å². The average molecular weight is 338 g/mol. The first kappa shape index (κ1) is 15.0. The van der Waals surface area contributed by atoms with Crippen LogP contribution >= 0.6 is 22.9 Å². The Kier molecular flexibility index (Phi) is 4.14. The first-order valence-electron chi connectivity index (χ1n) is 5.20. The minimum atomic E-state index is -4.13. The molecule has 0 spiro atoms. The van der Waals surface area contributed by atoms with Gasteiger partial charge in [0.1, 0.15) is 4.90 Å². The van der Waals surface area contributed by atoms with Gasteiger partial charge in [0, 0.05) is 16.1 Å². The fourth-order valence-corrected chi connectivity index (χ4v) is 3.44. The van der Waals surface area contributed by atoms with E-state index in [9.17, 15) is 17.6 Å². The number of aromatic amines is 1. The Morgan fingerprint density at radius 2 is 2.15 bits per heavy atom. The highest BCUT2D eigenvalue weighted by atomic mass is 35.5. The van der Waals surface area contributed by atoms with Gasteiger partial charge in [0.25, 0.3) is 0 Å². The molecule has 6 nitrogen and oxygen atoms in total. The third-order valence-electron chi connectivity index (χ3n) is 2.35. The van der Waals surface area contributed by atoms with Crippen LogP contribution in [-0.2, 0) is 16.6 Å². The van der Waals surface area contributed by atoms with Crippen LogP contribution in [0, 0.1) is 5.82 Å². The Bertz CT molecular complexity index is 800. The molecule has 1 heterocycles. The number of H-pyrrole nitrogens is 1.